The molecule has 0 spiro atoms. The number of primary sulfonamides is 1. The Morgan fingerprint density at radius 2 is 1.83 bits per heavy atom. The second-order valence-corrected chi connectivity index (χ2v) is 5.40. The number of rotatable bonds is 5. The zero-order chi connectivity index (χ0) is 13.9. The molecule has 0 aliphatic carbocycles. The summed E-state index contributed by atoms with van der Waals surface area (Å²) >= 11 is 0. The Morgan fingerprint density at radius 3 is 2.22 bits per heavy atom. The van der Waals surface area contributed by atoms with Crippen molar-refractivity contribution in [2.24, 2.45) is 10.9 Å². The van der Waals surface area contributed by atoms with Gasteiger partial charge in [-0.25, -0.2) is 13.6 Å². The fourth-order valence-electron chi connectivity index (χ4n) is 1.33. The minimum atomic E-state index is -3.82. The first kappa shape index (κ1) is 14.4. The van der Waals surface area contributed by atoms with Gasteiger partial charge in [0.15, 0.2) is 0 Å². The zero-order valence-electron chi connectivity index (χ0n) is 9.54. The van der Waals surface area contributed by atoms with Crippen molar-refractivity contribution >= 4 is 20.9 Å². The van der Waals surface area contributed by atoms with E-state index in [0.29, 0.717) is 11.1 Å². The molecule has 7 heteroatoms. The summed E-state index contributed by atoms with van der Waals surface area (Å²) in [5, 5.41) is 13.6. The average molecular weight is 270 g/mol. The lowest BCUT2D eigenvalue weighted by Crippen LogP contribution is -2.32. The number of carbonyl (C=O) groups is 1. The van der Waals surface area contributed by atoms with Crippen molar-refractivity contribution < 1.29 is 18.3 Å². The summed E-state index contributed by atoms with van der Waals surface area (Å²) in [5.74, 6) is -1.09. The molecule has 0 fully saturated rings. The maximum Gasteiger partial charge on any atom is 0.320 e. The van der Waals surface area contributed by atoms with E-state index in [1.54, 1.807) is 12.1 Å². The van der Waals surface area contributed by atoms with E-state index in [1.807, 2.05) is 0 Å². The van der Waals surface area contributed by atoms with Crippen LogP contribution >= 0.6 is 0 Å². The highest BCUT2D eigenvalue weighted by atomic mass is 32.2. The van der Waals surface area contributed by atoms with Gasteiger partial charge < -0.3 is 10.8 Å². The van der Waals surface area contributed by atoms with Gasteiger partial charge in [0.1, 0.15) is 6.04 Å². The van der Waals surface area contributed by atoms with Gasteiger partial charge in [-0.15, -0.1) is 0 Å². The van der Waals surface area contributed by atoms with Gasteiger partial charge >= 0.3 is 5.97 Å². The van der Waals surface area contributed by atoms with Crippen molar-refractivity contribution in [3.05, 3.63) is 42.0 Å². The number of sulfonamides is 1. The Morgan fingerprint density at radius 1 is 1.33 bits per heavy atom. The van der Waals surface area contributed by atoms with Gasteiger partial charge in [0.25, 0.3) is 0 Å². The van der Waals surface area contributed by atoms with Crippen LogP contribution in [0.2, 0.25) is 0 Å². The molecule has 0 aliphatic heterocycles. The van der Waals surface area contributed by atoms with Crippen LogP contribution in [0.3, 0.4) is 0 Å². The SMILES string of the molecule is C=C(c1ccc(CC(N)C(=O)O)cc1)S(N)(=O)=O. The van der Waals surface area contributed by atoms with Crippen LogP contribution in [-0.2, 0) is 21.2 Å². The second-order valence-electron chi connectivity index (χ2n) is 3.81. The molecule has 0 radical (unpaired) electrons. The maximum atomic E-state index is 11.1. The number of nitrogens with two attached hydrogens (primary N) is 2. The van der Waals surface area contributed by atoms with Crippen LogP contribution in [0.15, 0.2) is 30.8 Å². The summed E-state index contributed by atoms with van der Waals surface area (Å²) in [6, 6.07) is 5.22. The summed E-state index contributed by atoms with van der Waals surface area (Å²) in [4.78, 5) is 10.4. The highest BCUT2D eigenvalue weighted by molar-refractivity contribution is 7.98. The quantitative estimate of drug-likeness (QED) is 0.689. The number of benzene rings is 1. The Balaban J connectivity index is 2.87. The molecule has 0 saturated carbocycles. The predicted octanol–water partition coefficient (Wildman–Crippen LogP) is -0.0998. The largest absolute Gasteiger partial charge is 0.480 e. The Kier molecular flexibility index (Phi) is 4.23. The fourth-order valence-corrected chi connectivity index (χ4v) is 1.80. The van der Waals surface area contributed by atoms with E-state index >= 15 is 0 Å². The minimum absolute atomic E-state index is 0.164. The monoisotopic (exact) mass is 270 g/mol. The van der Waals surface area contributed by atoms with Crippen LogP contribution in [0.5, 0.6) is 0 Å². The molecule has 18 heavy (non-hydrogen) atoms. The third-order valence-electron chi connectivity index (χ3n) is 2.39. The van der Waals surface area contributed by atoms with E-state index in [-0.39, 0.29) is 11.3 Å². The van der Waals surface area contributed by atoms with E-state index < -0.39 is 22.0 Å². The van der Waals surface area contributed by atoms with E-state index in [4.69, 9.17) is 16.0 Å². The number of hydrogen-bond acceptors (Lipinski definition) is 4. The van der Waals surface area contributed by atoms with Crippen LogP contribution < -0.4 is 10.9 Å². The molecule has 6 nitrogen and oxygen atoms in total. The van der Waals surface area contributed by atoms with Gasteiger partial charge in [0, 0.05) is 0 Å². The first-order chi connectivity index (χ1) is 8.21. The van der Waals surface area contributed by atoms with Crippen molar-refractivity contribution in [3.8, 4) is 0 Å². The van der Waals surface area contributed by atoms with Gasteiger partial charge in [-0.2, -0.15) is 0 Å². The smallest absolute Gasteiger partial charge is 0.320 e. The van der Waals surface area contributed by atoms with Gasteiger partial charge in [-0.3, -0.25) is 4.79 Å². The predicted molar refractivity (Wildman–Crippen MR) is 67.9 cm³/mol. The lowest BCUT2D eigenvalue weighted by atomic mass is 10.0. The van der Waals surface area contributed by atoms with E-state index in [0.717, 1.165) is 0 Å². The molecule has 1 atom stereocenters. The molecule has 1 unspecified atom stereocenters. The van der Waals surface area contributed by atoms with Crippen molar-refractivity contribution in [1.29, 1.82) is 0 Å². The molecule has 0 amide bonds. The van der Waals surface area contributed by atoms with E-state index in [1.165, 1.54) is 12.1 Å². The Labute approximate surface area is 105 Å². The van der Waals surface area contributed by atoms with Gasteiger partial charge in [-0.1, -0.05) is 30.8 Å². The molecule has 0 aromatic heterocycles. The van der Waals surface area contributed by atoms with Gasteiger partial charge in [-0.05, 0) is 17.5 Å². The molecule has 1 aromatic carbocycles. The fraction of sp³-hybridized carbons (Fsp3) is 0.182. The topological polar surface area (TPSA) is 123 Å². The minimum Gasteiger partial charge on any atom is -0.480 e. The van der Waals surface area contributed by atoms with Crippen LogP contribution in [0.4, 0.5) is 0 Å². The zero-order valence-corrected chi connectivity index (χ0v) is 10.4. The molecule has 98 valence electrons. The van der Waals surface area contributed by atoms with Gasteiger partial charge in [0.05, 0.1) is 4.91 Å². The van der Waals surface area contributed by atoms with Crippen molar-refractivity contribution in [1.82, 2.24) is 0 Å². The summed E-state index contributed by atoms with van der Waals surface area (Å²) in [6.45, 7) is 3.38. The average Bonchev–Trinajstić information content (AvgIpc) is 2.27. The summed E-state index contributed by atoms with van der Waals surface area (Å²) in [7, 11) is -3.82. The van der Waals surface area contributed by atoms with Crippen LogP contribution in [0.25, 0.3) is 4.91 Å². The molecule has 0 aliphatic rings. The number of aliphatic carboxylic acids is 1. The van der Waals surface area contributed by atoms with Crippen molar-refractivity contribution in [2.45, 2.75) is 12.5 Å². The van der Waals surface area contributed by atoms with Crippen LogP contribution in [0.1, 0.15) is 11.1 Å². The highest BCUT2D eigenvalue weighted by Gasteiger charge is 2.14. The van der Waals surface area contributed by atoms with Crippen LogP contribution in [0, 0.1) is 0 Å². The molecule has 0 bridgehead atoms. The molecule has 0 saturated heterocycles. The standard InChI is InChI=1S/C11H14N2O4S/c1-7(18(13,16)17)9-4-2-8(3-5-9)6-10(12)11(14)15/h2-5,10H,1,6,12H2,(H,14,15)(H2,13,16,17). The number of carboxylic acid groups (broad SMARTS) is 1. The normalized spacial score (nSPS) is 13.0. The Hall–Kier alpha value is -1.70. The van der Waals surface area contributed by atoms with Crippen molar-refractivity contribution in [3.63, 3.8) is 0 Å². The summed E-state index contributed by atoms with van der Waals surface area (Å²) < 4.78 is 22.1. The molecular weight excluding hydrogens is 256 g/mol. The molecule has 5 N–H and O–H groups in total. The maximum absolute atomic E-state index is 11.1. The third-order valence-corrected chi connectivity index (χ3v) is 3.31. The highest BCUT2D eigenvalue weighted by Crippen LogP contribution is 2.17. The van der Waals surface area contributed by atoms with E-state index in [2.05, 4.69) is 6.58 Å². The summed E-state index contributed by atoms with van der Waals surface area (Å²) in [6.07, 6.45) is 0.164. The third kappa shape index (κ3) is 3.66. The first-order valence-corrected chi connectivity index (χ1v) is 6.56. The van der Waals surface area contributed by atoms with Crippen LogP contribution in [-0.4, -0.2) is 25.5 Å². The molecule has 1 rings (SSSR count). The number of carboxylic acids is 1. The first-order valence-electron chi connectivity index (χ1n) is 5.01. The molecule has 0 heterocycles. The van der Waals surface area contributed by atoms with E-state index in [9.17, 15) is 13.2 Å². The lowest BCUT2D eigenvalue weighted by molar-refractivity contribution is -0.138. The number of hydrogen-bond donors (Lipinski definition) is 3. The molecule has 1 aromatic rings. The van der Waals surface area contributed by atoms with Crippen molar-refractivity contribution in [2.75, 3.05) is 0 Å². The molecular formula is C11H14N2O4S. The Bertz CT molecular complexity index is 563. The van der Waals surface area contributed by atoms with Gasteiger partial charge in [0.2, 0.25) is 10.0 Å². The second kappa shape index (κ2) is 5.30. The summed E-state index contributed by atoms with van der Waals surface area (Å²) in [5.41, 5.74) is 6.44. The lowest BCUT2D eigenvalue weighted by Gasteiger charge is -2.08.